The second kappa shape index (κ2) is 8.36. The average molecular weight is 436 g/mol. The summed E-state index contributed by atoms with van der Waals surface area (Å²) in [5, 5.41) is 6.76. The van der Waals surface area contributed by atoms with E-state index >= 15 is 0 Å². The lowest BCUT2D eigenvalue weighted by Crippen LogP contribution is -3.15. The Balaban J connectivity index is 1.23. The Morgan fingerprint density at radius 3 is 2.03 bits per heavy atom. The van der Waals surface area contributed by atoms with Crippen molar-refractivity contribution >= 4 is 34.6 Å². The minimum atomic E-state index is 0.415. The van der Waals surface area contributed by atoms with Crippen LogP contribution in [0.3, 0.4) is 0 Å². The fourth-order valence-electron chi connectivity index (χ4n) is 4.63. The quantitative estimate of drug-likeness (QED) is 0.550. The summed E-state index contributed by atoms with van der Waals surface area (Å²) in [6.07, 6.45) is 0. The molecule has 3 aromatic rings. The maximum Gasteiger partial charge on any atom is 0.185 e. The normalized spacial score (nSPS) is 16.7. The molecule has 0 atom stereocenters. The van der Waals surface area contributed by atoms with E-state index in [1.165, 1.54) is 22.3 Å². The molecule has 152 valence electrons. The van der Waals surface area contributed by atoms with Crippen molar-refractivity contribution in [2.24, 2.45) is 0 Å². The molecule has 0 bridgehead atoms. The van der Waals surface area contributed by atoms with Gasteiger partial charge in [0.1, 0.15) is 6.04 Å². The molecule has 0 radical (unpaired) electrons. The van der Waals surface area contributed by atoms with Crippen molar-refractivity contribution in [3.63, 3.8) is 0 Å². The molecular weight excluding hydrogens is 412 g/mol. The lowest BCUT2D eigenvalue weighted by molar-refractivity contribution is -0.929. The van der Waals surface area contributed by atoms with Crippen LogP contribution in [-0.2, 0) is 0 Å². The van der Waals surface area contributed by atoms with Gasteiger partial charge in [0.25, 0.3) is 0 Å². The molecule has 1 fully saturated rings. The van der Waals surface area contributed by atoms with Gasteiger partial charge in [-0.2, -0.15) is 0 Å². The Labute approximate surface area is 187 Å². The first-order valence-corrected chi connectivity index (χ1v) is 11.1. The van der Waals surface area contributed by atoms with Crippen LogP contribution in [0.1, 0.15) is 17.2 Å². The van der Waals surface area contributed by atoms with Gasteiger partial charge in [0.05, 0.1) is 26.2 Å². The van der Waals surface area contributed by atoms with Gasteiger partial charge in [0.2, 0.25) is 0 Å². The van der Waals surface area contributed by atoms with Gasteiger partial charge in [-0.15, -0.1) is 0 Å². The minimum Gasteiger partial charge on any atom is -0.332 e. The molecule has 4 nitrogen and oxygen atoms in total. The van der Waals surface area contributed by atoms with E-state index in [0.717, 1.165) is 31.9 Å². The fraction of sp³-hybridized carbons (Fsp3) is 0.208. The van der Waals surface area contributed by atoms with Crippen molar-refractivity contribution in [3.05, 3.63) is 88.9 Å². The molecule has 1 aliphatic carbocycles. The number of thiocarbonyl (C=S) groups is 1. The molecule has 0 amide bonds. The number of anilines is 1. The molecule has 1 heterocycles. The maximum absolute atomic E-state index is 5.95. The van der Waals surface area contributed by atoms with Gasteiger partial charge in [-0.1, -0.05) is 60.1 Å². The van der Waals surface area contributed by atoms with Gasteiger partial charge in [-0.3, -0.25) is 5.43 Å². The van der Waals surface area contributed by atoms with E-state index in [-0.39, 0.29) is 0 Å². The van der Waals surface area contributed by atoms with Gasteiger partial charge in [0.15, 0.2) is 5.11 Å². The number of fused-ring (bicyclic) bond motifs is 3. The van der Waals surface area contributed by atoms with Crippen molar-refractivity contribution in [3.8, 4) is 11.1 Å². The Morgan fingerprint density at radius 1 is 0.867 bits per heavy atom. The minimum absolute atomic E-state index is 0.415. The van der Waals surface area contributed by atoms with Crippen molar-refractivity contribution in [1.29, 1.82) is 0 Å². The van der Waals surface area contributed by atoms with E-state index < -0.39 is 0 Å². The first-order valence-electron chi connectivity index (χ1n) is 10.3. The molecule has 5 rings (SSSR count). The molecule has 0 aromatic heterocycles. The van der Waals surface area contributed by atoms with Crippen molar-refractivity contribution in [1.82, 2.24) is 10.4 Å². The second-order valence-corrected chi connectivity index (χ2v) is 8.67. The summed E-state index contributed by atoms with van der Waals surface area (Å²) in [4.78, 5) is 1.61. The van der Waals surface area contributed by atoms with E-state index in [1.807, 2.05) is 24.3 Å². The van der Waals surface area contributed by atoms with Crippen molar-refractivity contribution in [2.45, 2.75) is 6.04 Å². The number of halogens is 1. The van der Waals surface area contributed by atoms with Crippen LogP contribution in [0.5, 0.6) is 0 Å². The highest BCUT2D eigenvalue weighted by Gasteiger charge is 2.37. The van der Waals surface area contributed by atoms with E-state index in [2.05, 4.69) is 64.3 Å². The van der Waals surface area contributed by atoms with E-state index in [0.29, 0.717) is 16.2 Å². The maximum atomic E-state index is 5.95. The predicted octanol–water partition coefficient (Wildman–Crippen LogP) is 3.51. The predicted molar refractivity (Wildman–Crippen MR) is 127 cm³/mol. The fourth-order valence-corrected chi connectivity index (χ4v) is 5.00. The Morgan fingerprint density at radius 2 is 1.43 bits per heavy atom. The highest BCUT2D eigenvalue weighted by atomic mass is 35.5. The number of rotatable bonds is 3. The molecule has 0 saturated carbocycles. The first kappa shape index (κ1) is 19.5. The lowest BCUT2D eigenvalue weighted by atomic mass is 10.0. The number of benzene rings is 3. The van der Waals surface area contributed by atoms with Crippen LogP contribution in [0.4, 0.5) is 5.69 Å². The number of hydrazine groups is 1. The topological polar surface area (TPSA) is 31.7 Å². The van der Waals surface area contributed by atoms with Crippen LogP contribution in [-0.4, -0.2) is 36.3 Å². The van der Waals surface area contributed by atoms with Crippen LogP contribution >= 0.6 is 23.8 Å². The zero-order valence-electron chi connectivity index (χ0n) is 16.6. The molecule has 3 aromatic carbocycles. The highest BCUT2D eigenvalue weighted by Crippen LogP contribution is 2.41. The Bertz CT molecular complexity index is 1020. The van der Waals surface area contributed by atoms with Crippen molar-refractivity contribution < 1.29 is 4.90 Å². The largest absolute Gasteiger partial charge is 0.332 e. The number of piperazine rings is 1. The standard InChI is InChI=1S/C24H23ClN4S/c25-17-9-11-18(12-10-17)26-24(30)27-29-15-13-28(14-16-29)23-21-7-3-1-5-19(21)20-6-2-4-8-22(20)23/h1-12,23H,13-16H2,(H2,26,27,30)/p+1. The van der Waals surface area contributed by atoms with Crippen molar-refractivity contribution in [2.75, 3.05) is 31.5 Å². The number of hydrogen-bond acceptors (Lipinski definition) is 2. The van der Waals surface area contributed by atoms with E-state index in [1.54, 1.807) is 4.90 Å². The van der Waals surface area contributed by atoms with Crippen LogP contribution in [0.25, 0.3) is 11.1 Å². The summed E-state index contributed by atoms with van der Waals surface area (Å²) in [6.45, 7) is 4.00. The number of hydrogen-bond donors (Lipinski definition) is 3. The zero-order chi connectivity index (χ0) is 20.5. The number of quaternary nitrogens is 1. The zero-order valence-corrected chi connectivity index (χ0v) is 18.1. The summed E-state index contributed by atoms with van der Waals surface area (Å²) in [5.41, 5.74) is 9.95. The molecule has 0 spiro atoms. The summed E-state index contributed by atoms with van der Waals surface area (Å²) in [7, 11) is 0. The molecule has 30 heavy (non-hydrogen) atoms. The second-order valence-electron chi connectivity index (χ2n) is 7.83. The molecule has 2 aliphatic rings. The number of nitrogens with one attached hydrogen (secondary N) is 3. The number of nitrogens with zero attached hydrogens (tertiary/aromatic N) is 1. The molecule has 3 N–H and O–H groups in total. The van der Waals surface area contributed by atoms with Crippen LogP contribution < -0.4 is 15.6 Å². The van der Waals surface area contributed by atoms with Gasteiger partial charge in [0, 0.05) is 21.8 Å². The monoisotopic (exact) mass is 435 g/mol. The van der Waals surface area contributed by atoms with Crippen LogP contribution in [0, 0.1) is 0 Å². The SMILES string of the molecule is S=C(Nc1ccc(Cl)cc1)NN1CC[NH+](C2c3ccccc3-c3ccccc32)CC1. The summed E-state index contributed by atoms with van der Waals surface area (Å²) >= 11 is 11.4. The molecule has 0 unspecified atom stereocenters. The lowest BCUT2D eigenvalue weighted by Gasteiger charge is -2.36. The Hall–Kier alpha value is -2.44. The third-order valence-electron chi connectivity index (χ3n) is 6.01. The van der Waals surface area contributed by atoms with Crippen LogP contribution in [0.2, 0.25) is 5.02 Å². The highest BCUT2D eigenvalue weighted by molar-refractivity contribution is 7.80. The van der Waals surface area contributed by atoms with Crippen LogP contribution in [0.15, 0.2) is 72.8 Å². The van der Waals surface area contributed by atoms with E-state index in [4.69, 9.17) is 23.8 Å². The average Bonchev–Trinajstić information content (AvgIpc) is 3.11. The van der Waals surface area contributed by atoms with Gasteiger partial charge in [-0.25, -0.2) is 5.01 Å². The Kier molecular flexibility index (Phi) is 5.44. The van der Waals surface area contributed by atoms with Gasteiger partial charge < -0.3 is 10.2 Å². The van der Waals surface area contributed by atoms with Gasteiger partial charge in [-0.05, 0) is 47.6 Å². The van der Waals surface area contributed by atoms with Gasteiger partial charge >= 0.3 is 0 Å². The summed E-state index contributed by atoms with van der Waals surface area (Å²) in [6, 6.07) is 25.7. The third kappa shape index (κ3) is 3.82. The molecular formula is C24H24ClN4S+. The van der Waals surface area contributed by atoms with E-state index in [9.17, 15) is 0 Å². The molecule has 1 saturated heterocycles. The summed E-state index contributed by atoms with van der Waals surface area (Å²) in [5.74, 6) is 0. The smallest absolute Gasteiger partial charge is 0.185 e. The molecule has 1 aliphatic heterocycles. The summed E-state index contributed by atoms with van der Waals surface area (Å²) < 4.78 is 0. The third-order valence-corrected chi connectivity index (χ3v) is 6.45. The molecule has 6 heteroatoms. The first-order chi connectivity index (χ1) is 14.7.